The Morgan fingerprint density at radius 2 is 1.70 bits per heavy atom. The van der Waals surface area contributed by atoms with Gasteiger partial charge in [0.15, 0.2) is 6.10 Å². The van der Waals surface area contributed by atoms with Crippen LogP contribution in [-0.4, -0.2) is 112 Å². The molecule has 1 aromatic carbocycles. The third kappa shape index (κ3) is 8.20. The highest BCUT2D eigenvalue weighted by Gasteiger charge is 2.53. The molecule has 10 atom stereocenters. The molecule has 0 bridgehead atoms. The highest BCUT2D eigenvalue weighted by Crippen LogP contribution is 2.42. The molecule has 0 aromatic heterocycles. The van der Waals surface area contributed by atoms with Crippen molar-refractivity contribution >= 4 is 23.8 Å². The van der Waals surface area contributed by atoms with Crippen LogP contribution in [0, 0.1) is 5.92 Å². The van der Waals surface area contributed by atoms with Crippen molar-refractivity contribution in [2.45, 2.75) is 100 Å². The second-order valence-electron chi connectivity index (χ2n) is 11.9. The fraction of sp³-hybridized carbons (Fsp3) is 0.576. The number of aliphatic hydroxyl groups is 3. The smallest absolute Gasteiger partial charge is 0.338 e. The summed E-state index contributed by atoms with van der Waals surface area (Å²) in [5.41, 5.74) is 1.02. The van der Waals surface area contributed by atoms with Crippen molar-refractivity contribution in [3.05, 3.63) is 61.2 Å². The number of amides is 1. The summed E-state index contributed by atoms with van der Waals surface area (Å²) in [4.78, 5) is 54.4. The van der Waals surface area contributed by atoms with Crippen molar-refractivity contribution < 1.29 is 53.4 Å². The van der Waals surface area contributed by atoms with E-state index in [1.54, 1.807) is 6.92 Å². The number of nitrogens with one attached hydrogen (secondary N) is 1. The summed E-state index contributed by atoms with van der Waals surface area (Å²) in [7, 11) is 0. The highest BCUT2D eigenvalue weighted by atomic mass is 16.7. The van der Waals surface area contributed by atoms with Gasteiger partial charge in [0.05, 0.1) is 6.04 Å². The van der Waals surface area contributed by atoms with Crippen molar-refractivity contribution in [1.29, 1.82) is 0 Å². The van der Waals surface area contributed by atoms with Gasteiger partial charge in [-0.3, -0.25) is 14.9 Å². The van der Waals surface area contributed by atoms with E-state index >= 15 is 0 Å². The average molecular weight is 645 g/mol. The Bertz CT molecular complexity index is 1240. The van der Waals surface area contributed by atoms with Crippen LogP contribution in [0.25, 0.3) is 0 Å². The first-order valence-electron chi connectivity index (χ1n) is 15.6. The first-order valence-corrected chi connectivity index (χ1v) is 15.6. The maximum atomic E-state index is 14.0. The summed E-state index contributed by atoms with van der Waals surface area (Å²) >= 11 is 0. The summed E-state index contributed by atoms with van der Waals surface area (Å²) in [6.07, 6.45) is -2.83. The lowest BCUT2D eigenvalue weighted by Crippen LogP contribution is -2.61. The SMILES string of the molecule is C=CCOC(=O)[C@H](CCc1ccccc1)N[C@@H](C)C(=O)N1[C@H](C(=O)O[C@@H]2O[C@H](C(=O)OCC=C)[C@@H](O)[C@H](O)[C@H]2O)C[C@@H]2CCC[C@@H]21. The number of rotatable bonds is 14. The van der Waals surface area contributed by atoms with E-state index in [0.29, 0.717) is 25.7 Å². The fourth-order valence-corrected chi connectivity index (χ4v) is 6.44. The first-order chi connectivity index (χ1) is 22.1. The number of nitrogens with zero attached hydrogens (tertiary/aromatic N) is 1. The van der Waals surface area contributed by atoms with E-state index in [2.05, 4.69) is 18.5 Å². The van der Waals surface area contributed by atoms with Crippen LogP contribution >= 0.6 is 0 Å². The molecular weight excluding hydrogens is 600 g/mol. The molecule has 0 unspecified atom stereocenters. The highest BCUT2D eigenvalue weighted by molar-refractivity contribution is 5.89. The molecule has 1 saturated carbocycles. The third-order valence-corrected chi connectivity index (χ3v) is 8.76. The van der Waals surface area contributed by atoms with Crippen molar-refractivity contribution in [3.8, 4) is 0 Å². The molecule has 2 aliphatic heterocycles. The van der Waals surface area contributed by atoms with Crippen LogP contribution in [0.1, 0.15) is 44.6 Å². The predicted octanol–water partition coefficient (Wildman–Crippen LogP) is 0.545. The van der Waals surface area contributed by atoms with Gasteiger partial charge in [-0.05, 0) is 50.5 Å². The van der Waals surface area contributed by atoms with Crippen LogP contribution in [0.5, 0.6) is 0 Å². The quantitative estimate of drug-likeness (QED) is 0.126. The van der Waals surface area contributed by atoms with E-state index < -0.39 is 72.6 Å². The summed E-state index contributed by atoms with van der Waals surface area (Å²) < 4.78 is 21.1. The van der Waals surface area contributed by atoms with Gasteiger partial charge in [0.25, 0.3) is 0 Å². The second kappa shape index (κ2) is 16.3. The maximum Gasteiger partial charge on any atom is 0.338 e. The van der Waals surface area contributed by atoms with Crippen LogP contribution in [0.4, 0.5) is 0 Å². The lowest BCUT2D eigenvalue weighted by atomic mass is 9.99. The van der Waals surface area contributed by atoms with Crippen molar-refractivity contribution in [3.63, 3.8) is 0 Å². The second-order valence-corrected chi connectivity index (χ2v) is 11.9. The lowest BCUT2D eigenvalue weighted by molar-refractivity contribution is -0.288. The standard InChI is InChI=1S/C33H44N2O11/c1-4-16-43-30(40)22(15-14-20-10-7-6-8-11-20)34-19(3)29(39)35-23-13-9-12-21(23)18-24(35)31(41)46-33-27(38)25(36)26(37)28(45-33)32(42)44-17-5-2/h4-8,10-11,19,21-28,33-34,36-38H,1-2,9,12-18H2,3H3/t19-,21-,22-,23-,24-,25-,26-,27+,28-,33-/m0/s1. The zero-order valence-corrected chi connectivity index (χ0v) is 25.9. The number of likely N-dealkylation sites (tertiary alicyclic amines) is 1. The molecule has 13 nitrogen and oxygen atoms in total. The molecule has 2 saturated heterocycles. The molecule has 4 rings (SSSR count). The molecule has 46 heavy (non-hydrogen) atoms. The van der Waals surface area contributed by atoms with E-state index in [9.17, 15) is 34.5 Å². The zero-order valence-electron chi connectivity index (χ0n) is 25.9. The summed E-state index contributed by atoms with van der Waals surface area (Å²) in [5, 5.41) is 34.3. The number of benzene rings is 1. The van der Waals surface area contributed by atoms with Gasteiger partial charge in [-0.1, -0.05) is 62.1 Å². The molecule has 4 N–H and O–H groups in total. The van der Waals surface area contributed by atoms with E-state index in [-0.39, 0.29) is 25.2 Å². The van der Waals surface area contributed by atoms with Crippen molar-refractivity contribution in [2.75, 3.05) is 13.2 Å². The zero-order chi connectivity index (χ0) is 33.4. The summed E-state index contributed by atoms with van der Waals surface area (Å²) in [6, 6.07) is 6.60. The Balaban J connectivity index is 1.47. The van der Waals surface area contributed by atoms with Gasteiger partial charge >= 0.3 is 17.9 Å². The van der Waals surface area contributed by atoms with Crippen molar-refractivity contribution in [1.82, 2.24) is 10.2 Å². The molecular formula is C33H44N2O11. The number of hydrogen-bond acceptors (Lipinski definition) is 12. The van der Waals surface area contributed by atoms with Gasteiger partial charge < -0.3 is 39.2 Å². The van der Waals surface area contributed by atoms with Crippen molar-refractivity contribution in [2.24, 2.45) is 5.92 Å². The van der Waals surface area contributed by atoms with Gasteiger partial charge in [-0.15, -0.1) is 0 Å². The Morgan fingerprint density at radius 3 is 2.39 bits per heavy atom. The van der Waals surface area contributed by atoms with E-state index in [1.807, 2.05) is 30.3 Å². The topological polar surface area (TPSA) is 181 Å². The number of hydrogen-bond donors (Lipinski definition) is 4. The molecule has 3 fully saturated rings. The van der Waals surface area contributed by atoms with Crippen LogP contribution in [-0.2, 0) is 44.5 Å². The molecule has 3 aliphatic rings. The molecule has 0 spiro atoms. The average Bonchev–Trinajstić information content (AvgIpc) is 3.66. The largest absolute Gasteiger partial charge is 0.460 e. The minimum absolute atomic E-state index is 0.0160. The van der Waals surface area contributed by atoms with Crippen LogP contribution < -0.4 is 5.32 Å². The minimum Gasteiger partial charge on any atom is -0.460 e. The van der Waals surface area contributed by atoms with Gasteiger partial charge in [0.1, 0.15) is 43.6 Å². The van der Waals surface area contributed by atoms with Crippen LogP contribution in [0.2, 0.25) is 0 Å². The number of esters is 3. The predicted molar refractivity (Wildman–Crippen MR) is 163 cm³/mol. The third-order valence-electron chi connectivity index (χ3n) is 8.76. The molecule has 13 heteroatoms. The molecule has 252 valence electrons. The molecule has 2 heterocycles. The number of ether oxygens (including phenoxy) is 4. The van der Waals surface area contributed by atoms with Crippen LogP contribution in [0.3, 0.4) is 0 Å². The molecule has 0 radical (unpaired) electrons. The number of fused-ring (bicyclic) bond motifs is 1. The molecule has 1 amide bonds. The Hall–Kier alpha value is -3.62. The number of aliphatic hydroxyl groups excluding tert-OH is 3. The Morgan fingerprint density at radius 1 is 1.00 bits per heavy atom. The van der Waals surface area contributed by atoms with Gasteiger partial charge in [-0.25, -0.2) is 9.59 Å². The number of carbonyl (C=O) groups excluding carboxylic acids is 4. The van der Waals surface area contributed by atoms with E-state index in [1.165, 1.54) is 17.1 Å². The van der Waals surface area contributed by atoms with Gasteiger partial charge in [0.2, 0.25) is 12.2 Å². The van der Waals surface area contributed by atoms with E-state index in [0.717, 1.165) is 18.4 Å². The maximum absolute atomic E-state index is 14.0. The molecule has 1 aromatic rings. The first kappa shape index (κ1) is 35.2. The number of aryl methyl sites for hydroxylation is 1. The van der Waals surface area contributed by atoms with E-state index in [4.69, 9.17) is 18.9 Å². The minimum atomic E-state index is -1.88. The fourth-order valence-electron chi connectivity index (χ4n) is 6.44. The lowest BCUT2D eigenvalue weighted by Gasteiger charge is -2.39. The Kier molecular flexibility index (Phi) is 12.5. The molecule has 1 aliphatic carbocycles. The van der Waals surface area contributed by atoms with Gasteiger partial charge in [0, 0.05) is 6.04 Å². The Labute approximate surface area is 268 Å². The summed E-state index contributed by atoms with van der Waals surface area (Å²) in [5.74, 6) is -2.85. The van der Waals surface area contributed by atoms with Crippen LogP contribution in [0.15, 0.2) is 55.6 Å². The normalized spacial score (nSPS) is 30.0. The summed E-state index contributed by atoms with van der Waals surface area (Å²) in [6.45, 7) is 8.46. The monoisotopic (exact) mass is 644 g/mol. The number of carbonyl (C=O) groups is 4. The van der Waals surface area contributed by atoms with Gasteiger partial charge in [-0.2, -0.15) is 0 Å².